The van der Waals surface area contributed by atoms with Gasteiger partial charge in [0.15, 0.2) is 5.69 Å². The standard InChI is InChI=1S/C12H20N6O2/c1-7-10(14)11(17-16-7)12(20)15-8-2-4-18(5-3-8)6-9(13)19/h8H,2-6,14H2,1H3,(H2,13,19)(H,15,20)(H,16,17). The summed E-state index contributed by atoms with van der Waals surface area (Å²) in [6.45, 7) is 3.51. The van der Waals surface area contributed by atoms with Crippen LogP contribution in [0, 0.1) is 6.92 Å². The highest BCUT2D eigenvalue weighted by molar-refractivity contribution is 5.97. The first-order valence-electron chi connectivity index (χ1n) is 6.59. The molecular weight excluding hydrogens is 260 g/mol. The van der Waals surface area contributed by atoms with Crippen LogP contribution in [-0.2, 0) is 4.79 Å². The van der Waals surface area contributed by atoms with Crippen LogP contribution in [0.25, 0.3) is 0 Å². The Morgan fingerprint density at radius 2 is 2.10 bits per heavy atom. The van der Waals surface area contributed by atoms with E-state index in [0.717, 1.165) is 25.9 Å². The van der Waals surface area contributed by atoms with Crippen LogP contribution in [0.15, 0.2) is 0 Å². The van der Waals surface area contributed by atoms with E-state index in [0.29, 0.717) is 11.4 Å². The van der Waals surface area contributed by atoms with Crippen LogP contribution < -0.4 is 16.8 Å². The number of amides is 2. The lowest BCUT2D eigenvalue weighted by Crippen LogP contribution is -2.46. The quantitative estimate of drug-likeness (QED) is 0.561. The number of aromatic nitrogens is 2. The number of nitrogens with zero attached hydrogens (tertiary/aromatic N) is 2. The van der Waals surface area contributed by atoms with E-state index in [1.165, 1.54) is 0 Å². The number of hydrogen-bond acceptors (Lipinski definition) is 5. The van der Waals surface area contributed by atoms with Gasteiger partial charge in [-0.25, -0.2) is 0 Å². The third-order valence-corrected chi connectivity index (χ3v) is 3.51. The van der Waals surface area contributed by atoms with E-state index in [1.807, 2.05) is 4.90 Å². The maximum Gasteiger partial charge on any atom is 0.274 e. The first-order chi connectivity index (χ1) is 9.47. The highest BCUT2D eigenvalue weighted by Gasteiger charge is 2.23. The summed E-state index contributed by atoms with van der Waals surface area (Å²) in [5.41, 5.74) is 12.2. The van der Waals surface area contributed by atoms with Gasteiger partial charge in [-0.15, -0.1) is 0 Å². The molecule has 0 bridgehead atoms. The monoisotopic (exact) mass is 280 g/mol. The minimum atomic E-state index is -0.327. The normalized spacial score (nSPS) is 17.1. The van der Waals surface area contributed by atoms with Gasteiger partial charge in [0.05, 0.1) is 17.9 Å². The van der Waals surface area contributed by atoms with Crippen molar-refractivity contribution in [2.75, 3.05) is 25.4 Å². The zero-order valence-electron chi connectivity index (χ0n) is 11.5. The van der Waals surface area contributed by atoms with Gasteiger partial charge in [-0.2, -0.15) is 5.10 Å². The largest absolute Gasteiger partial charge is 0.395 e. The van der Waals surface area contributed by atoms with E-state index >= 15 is 0 Å². The van der Waals surface area contributed by atoms with Gasteiger partial charge in [0.1, 0.15) is 0 Å². The van der Waals surface area contributed by atoms with Crippen molar-refractivity contribution >= 4 is 17.5 Å². The molecule has 1 aromatic heterocycles. The number of rotatable bonds is 4. The summed E-state index contributed by atoms with van der Waals surface area (Å²) < 4.78 is 0. The Morgan fingerprint density at radius 1 is 1.45 bits per heavy atom. The minimum absolute atomic E-state index is 0.0723. The van der Waals surface area contributed by atoms with Crippen molar-refractivity contribution in [3.8, 4) is 0 Å². The topological polar surface area (TPSA) is 130 Å². The van der Waals surface area contributed by atoms with Crippen LogP contribution in [-0.4, -0.2) is 52.6 Å². The first kappa shape index (κ1) is 14.3. The zero-order valence-corrected chi connectivity index (χ0v) is 11.5. The van der Waals surface area contributed by atoms with Crippen molar-refractivity contribution in [2.45, 2.75) is 25.8 Å². The van der Waals surface area contributed by atoms with E-state index in [9.17, 15) is 9.59 Å². The Hall–Kier alpha value is -2.09. The second kappa shape index (κ2) is 5.91. The molecule has 1 fully saturated rings. The molecule has 0 aliphatic carbocycles. The van der Waals surface area contributed by atoms with Gasteiger partial charge >= 0.3 is 0 Å². The fraction of sp³-hybridized carbons (Fsp3) is 0.583. The first-order valence-corrected chi connectivity index (χ1v) is 6.59. The molecule has 6 N–H and O–H groups in total. The molecule has 2 heterocycles. The molecule has 1 saturated heterocycles. The van der Waals surface area contributed by atoms with Crippen LogP contribution in [0.2, 0.25) is 0 Å². The minimum Gasteiger partial charge on any atom is -0.395 e. The number of aryl methyl sites for hydroxylation is 1. The van der Waals surface area contributed by atoms with Crippen molar-refractivity contribution < 1.29 is 9.59 Å². The highest BCUT2D eigenvalue weighted by Crippen LogP contribution is 2.14. The molecule has 8 heteroatoms. The maximum atomic E-state index is 12.0. The number of piperidine rings is 1. The number of nitrogens with one attached hydrogen (secondary N) is 2. The third-order valence-electron chi connectivity index (χ3n) is 3.51. The van der Waals surface area contributed by atoms with Crippen molar-refractivity contribution in [3.63, 3.8) is 0 Å². The molecule has 20 heavy (non-hydrogen) atoms. The summed E-state index contributed by atoms with van der Waals surface area (Å²) >= 11 is 0. The van der Waals surface area contributed by atoms with Crippen LogP contribution in [0.5, 0.6) is 0 Å². The van der Waals surface area contributed by atoms with E-state index in [2.05, 4.69) is 15.5 Å². The number of hydrogen-bond donors (Lipinski definition) is 4. The molecule has 0 saturated carbocycles. The van der Waals surface area contributed by atoms with E-state index in [-0.39, 0.29) is 30.1 Å². The van der Waals surface area contributed by atoms with Crippen LogP contribution in [0.3, 0.4) is 0 Å². The summed E-state index contributed by atoms with van der Waals surface area (Å²) in [6.07, 6.45) is 1.56. The molecule has 0 atom stereocenters. The smallest absolute Gasteiger partial charge is 0.274 e. The zero-order chi connectivity index (χ0) is 14.7. The third kappa shape index (κ3) is 3.27. The average Bonchev–Trinajstić information content (AvgIpc) is 2.72. The van der Waals surface area contributed by atoms with Crippen molar-refractivity contribution in [1.29, 1.82) is 0 Å². The van der Waals surface area contributed by atoms with Gasteiger partial charge in [0.2, 0.25) is 5.91 Å². The number of likely N-dealkylation sites (tertiary alicyclic amines) is 1. The molecule has 2 amide bonds. The van der Waals surface area contributed by atoms with Crippen molar-refractivity contribution in [3.05, 3.63) is 11.4 Å². The number of carbonyl (C=O) groups excluding carboxylic acids is 2. The number of aromatic amines is 1. The Kier molecular flexibility index (Phi) is 4.23. The number of anilines is 1. The lowest BCUT2D eigenvalue weighted by atomic mass is 10.0. The van der Waals surface area contributed by atoms with Crippen LogP contribution >= 0.6 is 0 Å². The number of primary amides is 1. The van der Waals surface area contributed by atoms with Gasteiger partial charge in [-0.3, -0.25) is 19.6 Å². The average molecular weight is 280 g/mol. The van der Waals surface area contributed by atoms with Gasteiger partial charge in [0.25, 0.3) is 5.91 Å². The Bertz CT molecular complexity index is 504. The summed E-state index contributed by atoms with van der Waals surface area (Å²) in [5, 5.41) is 9.51. The molecule has 1 aromatic rings. The second-order valence-electron chi connectivity index (χ2n) is 5.10. The van der Waals surface area contributed by atoms with Gasteiger partial charge < -0.3 is 16.8 Å². The summed E-state index contributed by atoms with van der Waals surface area (Å²) in [4.78, 5) is 24.9. The number of nitrogens with two attached hydrogens (primary N) is 2. The van der Waals surface area contributed by atoms with Gasteiger partial charge in [-0.1, -0.05) is 0 Å². The highest BCUT2D eigenvalue weighted by atomic mass is 16.2. The molecule has 0 radical (unpaired) electrons. The predicted octanol–water partition coefficient (Wildman–Crippen LogP) is -1.02. The van der Waals surface area contributed by atoms with Crippen LogP contribution in [0.1, 0.15) is 29.0 Å². The number of nitrogen functional groups attached to an aromatic ring is 1. The van der Waals surface area contributed by atoms with Crippen molar-refractivity contribution in [1.82, 2.24) is 20.4 Å². The lowest BCUT2D eigenvalue weighted by Gasteiger charge is -2.31. The maximum absolute atomic E-state index is 12.0. The van der Waals surface area contributed by atoms with E-state index < -0.39 is 0 Å². The second-order valence-corrected chi connectivity index (χ2v) is 5.10. The fourth-order valence-corrected chi connectivity index (χ4v) is 2.32. The van der Waals surface area contributed by atoms with E-state index in [4.69, 9.17) is 11.5 Å². The molecule has 2 rings (SSSR count). The van der Waals surface area contributed by atoms with Crippen molar-refractivity contribution in [2.24, 2.45) is 5.73 Å². The molecule has 110 valence electrons. The Balaban J connectivity index is 1.85. The number of carbonyl (C=O) groups is 2. The fourth-order valence-electron chi connectivity index (χ4n) is 2.32. The molecule has 8 nitrogen and oxygen atoms in total. The molecule has 1 aliphatic rings. The number of H-pyrrole nitrogens is 1. The lowest BCUT2D eigenvalue weighted by molar-refractivity contribution is -0.119. The summed E-state index contributed by atoms with van der Waals surface area (Å²) in [6, 6.07) is 0.0723. The SMILES string of the molecule is Cc1[nH]nc(C(=O)NC2CCN(CC(N)=O)CC2)c1N. The van der Waals surface area contributed by atoms with Gasteiger partial charge in [-0.05, 0) is 19.8 Å². The molecule has 0 aromatic carbocycles. The van der Waals surface area contributed by atoms with E-state index in [1.54, 1.807) is 6.92 Å². The molecule has 0 unspecified atom stereocenters. The van der Waals surface area contributed by atoms with Crippen LogP contribution in [0.4, 0.5) is 5.69 Å². The summed E-state index contributed by atoms with van der Waals surface area (Å²) in [5.74, 6) is -0.590. The molecule has 1 aliphatic heterocycles. The molecule has 0 spiro atoms. The Labute approximate surface area is 116 Å². The predicted molar refractivity (Wildman–Crippen MR) is 73.9 cm³/mol. The molecular formula is C12H20N6O2. The summed E-state index contributed by atoms with van der Waals surface area (Å²) in [7, 11) is 0. The van der Waals surface area contributed by atoms with Gasteiger partial charge in [0, 0.05) is 19.1 Å². The Morgan fingerprint density at radius 3 is 2.60 bits per heavy atom.